The Morgan fingerprint density at radius 3 is 2.59 bits per heavy atom. The molecule has 3 N–H and O–H groups in total. The van der Waals surface area contributed by atoms with Crippen LogP contribution in [0.15, 0.2) is 53.4 Å². The summed E-state index contributed by atoms with van der Waals surface area (Å²) in [6.45, 7) is 4.87. The van der Waals surface area contributed by atoms with Crippen LogP contribution in [0.2, 0.25) is 0 Å². The first-order valence-electron chi connectivity index (χ1n) is 16.0. The molecule has 5 atom stereocenters. The SMILES string of the molecule is CC(C)(CCCCCN)CN(C[C@@H](O)[C@H](Cc1ccccc1)N(C(=O)[O-])[C@H]1CO[C@H]2OCC[C@H]21)S(=O)(=O)c1ccc2c(c1)OCO2. The van der Waals surface area contributed by atoms with Crippen molar-refractivity contribution >= 4 is 16.1 Å². The van der Waals surface area contributed by atoms with E-state index in [0.717, 1.165) is 31.2 Å². The summed E-state index contributed by atoms with van der Waals surface area (Å²) in [6, 6.07) is 12.0. The number of fused-ring (bicyclic) bond motifs is 2. The van der Waals surface area contributed by atoms with Crippen molar-refractivity contribution in [2.24, 2.45) is 17.1 Å². The standard InChI is InChI=1S/C33H47N3O9S/c1-33(2,14-7-4-8-15-34)21-35(46(40,41)24-11-12-29-30(18-24)45-22-44-29)19-28(37)26(17-23-9-5-3-6-10-23)36(32(38)39)27-20-43-31-25(27)13-16-42-31/h3,5-6,9-12,18,25-28,31,37H,4,7-8,13-17,19-22,34H2,1-2H3,(H,38,39)/p-1/t25-,26-,27-,28+,31+/m0/s1. The average Bonchev–Trinajstić information content (AvgIpc) is 3.77. The first-order chi connectivity index (χ1) is 22.0. The summed E-state index contributed by atoms with van der Waals surface area (Å²) in [5.41, 5.74) is 6.01. The Morgan fingerprint density at radius 2 is 1.85 bits per heavy atom. The van der Waals surface area contributed by atoms with Gasteiger partial charge in [-0.25, -0.2) is 8.42 Å². The number of carbonyl (C=O) groups excluding carboxylic acids is 1. The Kier molecular flexibility index (Phi) is 11.1. The van der Waals surface area contributed by atoms with E-state index in [2.05, 4.69) is 0 Å². The van der Waals surface area contributed by atoms with E-state index in [0.29, 0.717) is 31.1 Å². The summed E-state index contributed by atoms with van der Waals surface area (Å²) >= 11 is 0. The predicted octanol–water partition coefficient (Wildman–Crippen LogP) is 2.33. The number of carbonyl (C=O) groups is 1. The predicted molar refractivity (Wildman–Crippen MR) is 167 cm³/mol. The summed E-state index contributed by atoms with van der Waals surface area (Å²) in [5, 5.41) is 24.9. The molecule has 0 radical (unpaired) electrons. The van der Waals surface area contributed by atoms with E-state index in [1.54, 1.807) is 6.07 Å². The largest absolute Gasteiger partial charge is 0.530 e. The Hall–Kier alpha value is -2.94. The van der Waals surface area contributed by atoms with Crippen LogP contribution in [0.4, 0.5) is 4.79 Å². The molecular weight excluding hydrogens is 614 g/mol. The van der Waals surface area contributed by atoms with Crippen LogP contribution in [0, 0.1) is 11.3 Å². The van der Waals surface area contributed by atoms with Gasteiger partial charge in [0.05, 0.1) is 36.3 Å². The fourth-order valence-corrected chi connectivity index (χ4v) is 8.43. The van der Waals surface area contributed by atoms with Crippen LogP contribution < -0.4 is 20.3 Å². The van der Waals surface area contributed by atoms with Crippen LogP contribution in [-0.4, -0.2) is 92.9 Å². The zero-order valence-corrected chi connectivity index (χ0v) is 27.4. The second kappa shape index (κ2) is 14.9. The summed E-state index contributed by atoms with van der Waals surface area (Å²) in [4.78, 5) is 14.0. The maximum Gasteiger partial charge on any atom is 0.243 e. The van der Waals surface area contributed by atoms with Crippen molar-refractivity contribution in [3.8, 4) is 11.5 Å². The lowest BCUT2D eigenvalue weighted by Gasteiger charge is -2.43. The van der Waals surface area contributed by atoms with Crippen molar-refractivity contribution in [2.75, 3.05) is 39.6 Å². The van der Waals surface area contributed by atoms with Gasteiger partial charge in [-0.05, 0) is 55.3 Å². The third-order valence-electron chi connectivity index (χ3n) is 9.20. The second-order valence-electron chi connectivity index (χ2n) is 13.2. The minimum absolute atomic E-state index is 0.00487. The lowest BCUT2D eigenvalue weighted by Crippen LogP contribution is -2.61. The molecule has 2 aromatic rings. The number of hydrogen-bond acceptors (Lipinski definition) is 10. The quantitative estimate of drug-likeness (QED) is 0.256. The number of amides is 1. The van der Waals surface area contributed by atoms with Crippen LogP contribution in [0.5, 0.6) is 11.5 Å². The van der Waals surface area contributed by atoms with Crippen molar-refractivity contribution in [2.45, 2.75) is 81.7 Å². The van der Waals surface area contributed by atoms with Crippen LogP contribution in [-0.2, 0) is 25.9 Å². The molecule has 0 spiro atoms. The molecule has 2 saturated heterocycles. The number of ether oxygens (including phenoxy) is 4. The van der Waals surface area contributed by atoms with E-state index in [-0.39, 0.29) is 43.7 Å². The van der Waals surface area contributed by atoms with Gasteiger partial charge >= 0.3 is 0 Å². The minimum Gasteiger partial charge on any atom is -0.530 e. The Labute approximate surface area is 271 Å². The summed E-state index contributed by atoms with van der Waals surface area (Å²) < 4.78 is 52.2. The third kappa shape index (κ3) is 7.95. The number of sulfonamides is 1. The van der Waals surface area contributed by atoms with E-state index in [4.69, 9.17) is 24.7 Å². The lowest BCUT2D eigenvalue weighted by molar-refractivity contribution is -0.273. The molecule has 12 nitrogen and oxygen atoms in total. The number of unbranched alkanes of at least 4 members (excludes halogenated alkanes) is 2. The van der Waals surface area contributed by atoms with E-state index in [9.17, 15) is 23.4 Å². The highest BCUT2D eigenvalue weighted by atomic mass is 32.2. The van der Waals surface area contributed by atoms with Gasteiger partial charge in [-0.3, -0.25) is 0 Å². The van der Waals surface area contributed by atoms with Gasteiger partial charge in [0, 0.05) is 25.1 Å². The van der Waals surface area contributed by atoms with Crippen molar-refractivity contribution in [1.29, 1.82) is 0 Å². The van der Waals surface area contributed by atoms with Gasteiger partial charge in [-0.15, -0.1) is 0 Å². The summed E-state index contributed by atoms with van der Waals surface area (Å²) in [5.74, 6) is 0.554. The molecule has 0 aromatic heterocycles. The zero-order chi connectivity index (χ0) is 32.9. The Balaban J connectivity index is 1.47. The van der Waals surface area contributed by atoms with E-state index < -0.39 is 46.0 Å². The van der Waals surface area contributed by atoms with Gasteiger partial charge in [-0.1, -0.05) is 57.0 Å². The molecule has 1 amide bonds. The van der Waals surface area contributed by atoms with E-state index in [1.807, 2.05) is 44.2 Å². The number of nitrogens with two attached hydrogens (primary N) is 1. The molecule has 0 aliphatic carbocycles. The fraction of sp³-hybridized carbons (Fsp3) is 0.606. The first-order valence-corrected chi connectivity index (χ1v) is 17.5. The molecule has 3 aliphatic heterocycles. The number of aliphatic hydroxyl groups is 1. The molecule has 0 unspecified atom stereocenters. The molecule has 13 heteroatoms. The molecule has 2 aromatic carbocycles. The number of nitrogens with zero attached hydrogens (tertiary/aromatic N) is 2. The smallest absolute Gasteiger partial charge is 0.243 e. The van der Waals surface area contributed by atoms with Crippen LogP contribution in [0.25, 0.3) is 0 Å². The van der Waals surface area contributed by atoms with Gasteiger partial charge in [-0.2, -0.15) is 4.31 Å². The van der Waals surface area contributed by atoms with E-state index >= 15 is 0 Å². The molecule has 3 heterocycles. The van der Waals surface area contributed by atoms with Crippen LogP contribution in [0.3, 0.4) is 0 Å². The average molecular weight is 661 g/mol. The summed E-state index contributed by atoms with van der Waals surface area (Å²) in [6.07, 6.45) is 0.774. The van der Waals surface area contributed by atoms with Gasteiger partial charge in [0.1, 0.15) is 6.09 Å². The molecular formula is C33H46N3O9S-. The van der Waals surface area contributed by atoms with Gasteiger partial charge in [0.15, 0.2) is 17.8 Å². The van der Waals surface area contributed by atoms with Gasteiger partial charge in [0.2, 0.25) is 16.8 Å². The first kappa shape index (κ1) is 34.4. The number of aliphatic hydroxyl groups excluding tert-OH is 1. The van der Waals surface area contributed by atoms with Gasteiger partial charge < -0.3 is 44.6 Å². The topological polar surface area (TPSA) is 164 Å². The molecule has 2 fully saturated rings. The Bertz CT molecular complexity index is 1420. The van der Waals surface area contributed by atoms with Crippen molar-refractivity contribution in [3.05, 3.63) is 54.1 Å². The monoisotopic (exact) mass is 660 g/mol. The summed E-state index contributed by atoms with van der Waals surface area (Å²) in [7, 11) is -4.18. The molecule has 46 heavy (non-hydrogen) atoms. The van der Waals surface area contributed by atoms with E-state index in [1.165, 1.54) is 21.3 Å². The lowest BCUT2D eigenvalue weighted by atomic mass is 9.86. The third-order valence-corrected chi connectivity index (χ3v) is 11.0. The fourth-order valence-electron chi connectivity index (χ4n) is 6.77. The maximum absolute atomic E-state index is 14.3. The second-order valence-corrected chi connectivity index (χ2v) is 15.1. The molecule has 3 aliphatic rings. The number of benzene rings is 2. The van der Waals surface area contributed by atoms with Crippen molar-refractivity contribution < 1.29 is 42.4 Å². The zero-order valence-electron chi connectivity index (χ0n) is 26.6. The molecule has 0 saturated carbocycles. The van der Waals surface area contributed by atoms with Crippen LogP contribution in [0.1, 0.15) is 51.5 Å². The molecule has 5 rings (SSSR count). The molecule has 254 valence electrons. The minimum atomic E-state index is -4.18. The van der Waals surface area contributed by atoms with Gasteiger partial charge in [0.25, 0.3) is 0 Å². The normalized spacial score (nSPS) is 22.2. The maximum atomic E-state index is 14.3. The highest BCUT2D eigenvalue weighted by molar-refractivity contribution is 7.89. The Morgan fingerprint density at radius 1 is 1.09 bits per heavy atom. The molecule has 0 bridgehead atoms. The number of hydrogen-bond donors (Lipinski definition) is 2. The number of carboxylic acid groups (broad SMARTS) is 1. The highest BCUT2D eigenvalue weighted by Gasteiger charge is 2.47. The van der Waals surface area contributed by atoms with Crippen molar-refractivity contribution in [3.63, 3.8) is 0 Å². The number of rotatable bonds is 16. The van der Waals surface area contributed by atoms with Crippen LogP contribution >= 0.6 is 0 Å². The highest BCUT2D eigenvalue weighted by Crippen LogP contribution is 2.38. The van der Waals surface area contributed by atoms with Crippen molar-refractivity contribution in [1.82, 2.24) is 9.21 Å².